The second-order valence-electron chi connectivity index (χ2n) is 4.32. The van der Waals surface area contributed by atoms with Crippen LogP contribution in [0.1, 0.15) is 23.6 Å². The second kappa shape index (κ2) is 2.99. The van der Waals surface area contributed by atoms with E-state index in [1.54, 1.807) is 7.11 Å². The van der Waals surface area contributed by atoms with Gasteiger partial charge < -0.3 is 10.1 Å². The van der Waals surface area contributed by atoms with Crippen LogP contribution in [0.4, 0.5) is 0 Å². The molecule has 1 heterocycles. The zero-order chi connectivity index (χ0) is 10.3. The molecule has 76 valence electrons. The van der Waals surface area contributed by atoms with Crippen molar-refractivity contribution in [2.75, 3.05) is 13.7 Å². The number of nitrogens with one attached hydrogen (secondary N) is 1. The van der Waals surface area contributed by atoms with Crippen molar-refractivity contribution < 1.29 is 4.74 Å². The molecule has 2 nitrogen and oxygen atoms in total. The molecule has 1 fully saturated rings. The van der Waals surface area contributed by atoms with E-state index in [1.807, 2.05) is 0 Å². The molecule has 0 aromatic heterocycles. The molecule has 1 unspecified atom stereocenters. The van der Waals surface area contributed by atoms with Crippen molar-refractivity contribution in [3.8, 4) is 5.75 Å². The summed E-state index contributed by atoms with van der Waals surface area (Å²) in [5.41, 5.74) is 4.12. The van der Waals surface area contributed by atoms with Crippen LogP contribution in [0.3, 0.4) is 0 Å². The van der Waals surface area contributed by atoms with E-state index in [0.717, 1.165) is 12.3 Å². The Morgan fingerprint density at radius 2 is 1.93 bits per heavy atom. The average molecular weight is 191 g/mol. The highest BCUT2D eigenvalue weighted by Crippen LogP contribution is 2.35. The average Bonchev–Trinajstić information content (AvgIpc) is 2.88. The van der Waals surface area contributed by atoms with Gasteiger partial charge in [0.05, 0.1) is 12.6 Å². The molecule has 2 heteroatoms. The highest BCUT2D eigenvalue weighted by Gasteiger charge is 2.39. The fraction of sp³-hybridized carbons (Fsp3) is 0.500. The summed E-state index contributed by atoms with van der Waals surface area (Å²) in [6.07, 6.45) is 0. The van der Waals surface area contributed by atoms with E-state index in [1.165, 1.54) is 16.7 Å². The Hall–Kier alpha value is -1.02. The van der Waals surface area contributed by atoms with Gasteiger partial charge in [0.15, 0.2) is 0 Å². The number of aryl methyl sites for hydroxylation is 2. The van der Waals surface area contributed by atoms with Crippen molar-refractivity contribution in [3.63, 3.8) is 0 Å². The third-order valence-electron chi connectivity index (χ3n) is 3.04. The number of benzene rings is 1. The van der Waals surface area contributed by atoms with E-state index in [4.69, 9.17) is 4.74 Å². The van der Waals surface area contributed by atoms with Gasteiger partial charge in [0.1, 0.15) is 5.75 Å². The molecule has 0 aliphatic carbocycles. The summed E-state index contributed by atoms with van der Waals surface area (Å²) in [4.78, 5) is 0. The lowest BCUT2D eigenvalue weighted by Gasteiger charge is -2.14. The molecular weight excluding hydrogens is 174 g/mol. The first-order valence-electron chi connectivity index (χ1n) is 4.97. The van der Waals surface area contributed by atoms with Crippen molar-refractivity contribution in [1.82, 2.24) is 5.32 Å². The van der Waals surface area contributed by atoms with Gasteiger partial charge in [-0.3, -0.25) is 0 Å². The Balaban J connectivity index is 2.48. The topological polar surface area (TPSA) is 31.2 Å². The van der Waals surface area contributed by atoms with Crippen molar-refractivity contribution >= 4 is 0 Å². The lowest BCUT2D eigenvalue weighted by atomic mass is 9.94. The summed E-state index contributed by atoms with van der Waals surface area (Å²) in [5.74, 6) is 0.982. The molecule has 1 aromatic carbocycles. The highest BCUT2D eigenvalue weighted by atomic mass is 16.5. The molecule has 1 saturated heterocycles. The van der Waals surface area contributed by atoms with Crippen LogP contribution in [-0.2, 0) is 5.54 Å². The van der Waals surface area contributed by atoms with Crippen LogP contribution in [0.2, 0.25) is 0 Å². The molecule has 1 aliphatic rings. The minimum Gasteiger partial charge on any atom is -0.496 e. The standard InChI is InChI=1S/C12H17NO/c1-8-6-11(14-4)9(2)5-10(8)12(3)7-13-12/h5-6,13H,7H2,1-4H3. The van der Waals surface area contributed by atoms with Gasteiger partial charge in [0.25, 0.3) is 0 Å². The van der Waals surface area contributed by atoms with Crippen LogP contribution in [0.5, 0.6) is 5.75 Å². The van der Waals surface area contributed by atoms with Gasteiger partial charge in [-0.25, -0.2) is 0 Å². The van der Waals surface area contributed by atoms with E-state index in [-0.39, 0.29) is 5.54 Å². The summed E-state index contributed by atoms with van der Waals surface area (Å²) in [6.45, 7) is 7.55. The third-order valence-corrected chi connectivity index (χ3v) is 3.04. The van der Waals surface area contributed by atoms with Gasteiger partial charge in [-0.15, -0.1) is 0 Å². The summed E-state index contributed by atoms with van der Waals surface area (Å²) in [6, 6.07) is 4.35. The van der Waals surface area contributed by atoms with Crippen molar-refractivity contribution in [2.45, 2.75) is 26.3 Å². The summed E-state index contributed by atoms with van der Waals surface area (Å²) in [5, 5.41) is 3.39. The number of ether oxygens (including phenoxy) is 1. The maximum absolute atomic E-state index is 5.29. The minimum atomic E-state index is 0.209. The summed E-state index contributed by atoms with van der Waals surface area (Å²) >= 11 is 0. The predicted octanol–water partition coefficient (Wildman–Crippen LogP) is 2.13. The number of methoxy groups -OCH3 is 1. The number of hydrogen-bond acceptors (Lipinski definition) is 2. The van der Waals surface area contributed by atoms with E-state index in [0.29, 0.717) is 0 Å². The van der Waals surface area contributed by atoms with Gasteiger partial charge in [-0.05, 0) is 43.5 Å². The van der Waals surface area contributed by atoms with Gasteiger partial charge in [-0.1, -0.05) is 6.07 Å². The zero-order valence-electron chi connectivity index (χ0n) is 9.27. The van der Waals surface area contributed by atoms with Crippen molar-refractivity contribution in [2.24, 2.45) is 0 Å². The fourth-order valence-corrected chi connectivity index (χ4v) is 1.93. The normalized spacial score (nSPS) is 24.9. The van der Waals surface area contributed by atoms with Gasteiger partial charge >= 0.3 is 0 Å². The smallest absolute Gasteiger partial charge is 0.122 e. The van der Waals surface area contributed by atoms with E-state index < -0.39 is 0 Å². The van der Waals surface area contributed by atoms with Crippen LogP contribution < -0.4 is 10.1 Å². The Kier molecular flexibility index (Phi) is 2.04. The molecule has 14 heavy (non-hydrogen) atoms. The van der Waals surface area contributed by atoms with Crippen molar-refractivity contribution in [1.29, 1.82) is 0 Å². The molecule has 1 aromatic rings. The predicted molar refractivity (Wildman–Crippen MR) is 57.8 cm³/mol. The van der Waals surface area contributed by atoms with Gasteiger partial charge in [0, 0.05) is 6.54 Å². The molecular formula is C12H17NO. The lowest BCUT2D eigenvalue weighted by molar-refractivity contribution is 0.411. The minimum absolute atomic E-state index is 0.209. The Morgan fingerprint density at radius 3 is 2.43 bits per heavy atom. The van der Waals surface area contributed by atoms with E-state index >= 15 is 0 Å². The van der Waals surface area contributed by atoms with Crippen LogP contribution in [0, 0.1) is 13.8 Å². The molecule has 1 aliphatic heterocycles. The van der Waals surface area contributed by atoms with Crippen LogP contribution in [0.15, 0.2) is 12.1 Å². The third kappa shape index (κ3) is 1.40. The maximum Gasteiger partial charge on any atom is 0.122 e. The molecule has 0 amide bonds. The van der Waals surface area contributed by atoms with Crippen LogP contribution in [0.25, 0.3) is 0 Å². The SMILES string of the molecule is COc1cc(C)c(C2(C)CN2)cc1C. The highest BCUT2D eigenvalue weighted by molar-refractivity contribution is 5.46. The first kappa shape index (κ1) is 9.53. The summed E-state index contributed by atoms with van der Waals surface area (Å²) in [7, 11) is 1.72. The molecule has 1 N–H and O–H groups in total. The van der Waals surface area contributed by atoms with Crippen LogP contribution >= 0.6 is 0 Å². The molecule has 0 saturated carbocycles. The second-order valence-corrected chi connectivity index (χ2v) is 4.32. The lowest BCUT2D eigenvalue weighted by Crippen LogP contribution is -2.09. The van der Waals surface area contributed by atoms with E-state index in [2.05, 4.69) is 38.2 Å². The Bertz CT molecular complexity index is 367. The van der Waals surface area contributed by atoms with Crippen molar-refractivity contribution in [3.05, 3.63) is 28.8 Å². The largest absolute Gasteiger partial charge is 0.496 e. The molecule has 0 radical (unpaired) electrons. The first-order chi connectivity index (χ1) is 6.57. The number of rotatable bonds is 2. The van der Waals surface area contributed by atoms with E-state index in [9.17, 15) is 0 Å². The monoisotopic (exact) mass is 191 g/mol. The maximum atomic E-state index is 5.29. The quantitative estimate of drug-likeness (QED) is 0.726. The fourth-order valence-electron chi connectivity index (χ4n) is 1.93. The van der Waals surface area contributed by atoms with Gasteiger partial charge in [-0.2, -0.15) is 0 Å². The Labute approximate surface area is 85.3 Å². The zero-order valence-corrected chi connectivity index (χ0v) is 9.27. The van der Waals surface area contributed by atoms with Crippen LogP contribution in [-0.4, -0.2) is 13.7 Å². The number of hydrogen-bond donors (Lipinski definition) is 1. The van der Waals surface area contributed by atoms with Gasteiger partial charge in [0.2, 0.25) is 0 Å². The molecule has 0 bridgehead atoms. The molecule has 2 rings (SSSR count). The Morgan fingerprint density at radius 1 is 1.29 bits per heavy atom. The molecule has 0 spiro atoms. The molecule has 1 atom stereocenters. The summed E-state index contributed by atoms with van der Waals surface area (Å²) < 4.78 is 5.29. The first-order valence-corrected chi connectivity index (χ1v) is 4.97.